The van der Waals surface area contributed by atoms with Crippen molar-refractivity contribution in [1.82, 2.24) is 10.4 Å². The molecule has 2 heterocycles. The first-order chi connectivity index (χ1) is 14.3. The molecule has 168 valence electrons. The lowest BCUT2D eigenvalue weighted by molar-refractivity contribution is -0.197. The Morgan fingerprint density at radius 2 is 1.73 bits per heavy atom. The topological polar surface area (TPSA) is 136 Å². The van der Waals surface area contributed by atoms with Crippen LogP contribution in [0.4, 0.5) is 0 Å². The SMILES string of the molecule is NC1(CCCCNC(=O)CCC(=O)SCCC(=O)ON2C(=O)CCC2=O)CSSC1. The molecular weight excluding hydrogens is 450 g/mol. The standard InChI is InChI=1S/C18H27N3O6S3/c19-18(11-29-30-12-18)8-1-2-9-20-13(22)3-6-17(26)28-10-7-16(25)27-21-14(23)4-5-15(21)24/h1-12,19H2,(H,20,22). The molecule has 3 amide bonds. The number of imide groups is 1. The Kier molecular flexibility index (Phi) is 10.5. The molecule has 0 bridgehead atoms. The van der Waals surface area contributed by atoms with Gasteiger partial charge in [0.1, 0.15) is 0 Å². The second-order valence-electron chi connectivity index (χ2n) is 7.21. The van der Waals surface area contributed by atoms with Crippen LogP contribution in [-0.2, 0) is 28.8 Å². The van der Waals surface area contributed by atoms with Crippen LogP contribution in [0.5, 0.6) is 0 Å². The van der Waals surface area contributed by atoms with Crippen molar-refractivity contribution >= 4 is 62.2 Å². The third-order valence-electron chi connectivity index (χ3n) is 4.52. The Bertz CT molecular complexity index is 654. The maximum atomic E-state index is 11.8. The average Bonchev–Trinajstić information content (AvgIpc) is 3.27. The van der Waals surface area contributed by atoms with E-state index in [4.69, 9.17) is 10.6 Å². The molecule has 2 rings (SSSR count). The molecule has 0 aromatic carbocycles. The minimum absolute atomic E-state index is 0.0352. The molecule has 0 unspecified atom stereocenters. The number of amides is 3. The summed E-state index contributed by atoms with van der Waals surface area (Å²) in [5.41, 5.74) is 6.18. The van der Waals surface area contributed by atoms with Gasteiger partial charge < -0.3 is 15.9 Å². The average molecular weight is 478 g/mol. The van der Waals surface area contributed by atoms with E-state index < -0.39 is 17.8 Å². The molecule has 2 aliphatic heterocycles. The van der Waals surface area contributed by atoms with Crippen LogP contribution in [0.1, 0.15) is 51.4 Å². The predicted octanol–water partition coefficient (Wildman–Crippen LogP) is 1.40. The lowest BCUT2D eigenvalue weighted by Gasteiger charge is -2.21. The molecule has 30 heavy (non-hydrogen) atoms. The fourth-order valence-electron chi connectivity index (χ4n) is 2.76. The number of carbonyl (C=O) groups excluding carboxylic acids is 5. The van der Waals surface area contributed by atoms with Crippen molar-refractivity contribution in [2.24, 2.45) is 5.73 Å². The number of hydrogen-bond donors (Lipinski definition) is 2. The monoisotopic (exact) mass is 477 g/mol. The van der Waals surface area contributed by atoms with E-state index in [1.807, 2.05) is 0 Å². The smallest absolute Gasteiger partial charge is 0.334 e. The van der Waals surface area contributed by atoms with Gasteiger partial charge in [-0.05, 0) is 19.3 Å². The molecule has 0 radical (unpaired) electrons. The van der Waals surface area contributed by atoms with Crippen LogP contribution in [0.25, 0.3) is 0 Å². The number of rotatable bonds is 12. The summed E-state index contributed by atoms with van der Waals surface area (Å²) in [7, 11) is 3.61. The highest BCUT2D eigenvalue weighted by molar-refractivity contribution is 8.77. The first kappa shape index (κ1) is 25.0. The zero-order valence-corrected chi connectivity index (χ0v) is 19.1. The molecule has 0 spiro atoms. The van der Waals surface area contributed by atoms with Crippen molar-refractivity contribution in [3.63, 3.8) is 0 Å². The van der Waals surface area contributed by atoms with Gasteiger partial charge in [-0.25, -0.2) is 4.79 Å². The molecule has 2 aliphatic rings. The van der Waals surface area contributed by atoms with Gasteiger partial charge in [-0.2, -0.15) is 0 Å². The zero-order valence-electron chi connectivity index (χ0n) is 16.7. The highest BCUT2D eigenvalue weighted by Crippen LogP contribution is 2.38. The molecule has 2 fully saturated rings. The van der Waals surface area contributed by atoms with Crippen LogP contribution in [0, 0.1) is 0 Å². The summed E-state index contributed by atoms with van der Waals surface area (Å²) < 4.78 is 0. The molecular formula is C18H27N3O6S3. The number of hydrogen-bond acceptors (Lipinski definition) is 10. The summed E-state index contributed by atoms with van der Waals surface area (Å²) in [6.45, 7) is 0.566. The molecule has 12 heteroatoms. The third kappa shape index (κ3) is 8.86. The van der Waals surface area contributed by atoms with Gasteiger partial charge in [-0.1, -0.05) is 33.3 Å². The minimum atomic E-state index is -0.745. The number of unbranched alkanes of at least 4 members (excludes halogenated alkanes) is 1. The van der Waals surface area contributed by atoms with E-state index in [1.54, 1.807) is 21.6 Å². The van der Waals surface area contributed by atoms with E-state index in [0.29, 0.717) is 11.6 Å². The minimum Gasteiger partial charge on any atom is -0.356 e. The van der Waals surface area contributed by atoms with Gasteiger partial charge in [-0.15, -0.1) is 5.06 Å². The quantitative estimate of drug-likeness (QED) is 0.241. The summed E-state index contributed by atoms with van der Waals surface area (Å²) >= 11 is 0.926. The third-order valence-corrected chi connectivity index (χ3v) is 8.22. The van der Waals surface area contributed by atoms with Gasteiger partial charge in [0.15, 0.2) is 5.12 Å². The fourth-order valence-corrected chi connectivity index (χ4v) is 6.67. The Morgan fingerprint density at radius 1 is 1.07 bits per heavy atom. The van der Waals surface area contributed by atoms with E-state index in [9.17, 15) is 24.0 Å². The highest BCUT2D eigenvalue weighted by atomic mass is 33.1. The normalized spacial score (nSPS) is 18.0. The van der Waals surface area contributed by atoms with E-state index in [2.05, 4.69) is 5.32 Å². The number of carbonyl (C=O) groups is 5. The number of thioether (sulfide) groups is 1. The molecule has 9 nitrogen and oxygen atoms in total. The second-order valence-corrected chi connectivity index (χ2v) is 10.8. The molecule has 2 saturated heterocycles. The maximum Gasteiger partial charge on any atom is 0.334 e. The summed E-state index contributed by atoms with van der Waals surface area (Å²) in [6.07, 6.45) is 2.89. The van der Waals surface area contributed by atoms with Gasteiger partial charge in [0.2, 0.25) is 5.91 Å². The van der Waals surface area contributed by atoms with E-state index >= 15 is 0 Å². The Balaban J connectivity index is 1.47. The van der Waals surface area contributed by atoms with Crippen molar-refractivity contribution < 1.29 is 28.8 Å². The van der Waals surface area contributed by atoms with Crippen molar-refractivity contribution in [2.45, 2.75) is 56.9 Å². The first-order valence-corrected chi connectivity index (χ1v) is 13.3. The molecule has 0 aromatic heterocycles. The lowest BCUT2D eigenvalue weighted by atomic mass is 9.98. The largest absolute Gasteiger partial charge is 0.356 e. The first-order valence-electron chi connectivity index (χ1n) is 9.81. The summed E-state index contributed by atoms with van der Waals surface area (Å²) in [5, 5.41) is 3.09. The van der Waals surface area contributed by atoms with Crippen LogP contribution < -0.4 is 11.1 Å². The van der Waals surface area contributed by atoms with Crippen molar-refractivity contribution in [1.29, 1.82) is 0 Å². The van der Waals surface area contributed by atoms with E-state index in [1.165, 1.54) is 0 Å². The van der Waals surface area contributed by atoms with Crippen LogP contribution in [-0.4, -0.2) is 63.2 Å². The van der Waals surface area contributed by atoms with Crippen molar-refractivity contribution in [3.05, 3.63) is 0 Å². The summed E-state index contributed by atoms with van der Waals surface area (Å²) in [6, 6.07) is 0. The maximum absolute atomic E-state index is 11.8. The molecule has 0 aromatic rings. The van der Waals surface area contributed by atoms with E-state index in [0.717, 1.165) is 42.5 Å². The van der Waals surface area contributed by atoms with Crippen LogP contribution in [0.15, 0.2) is 0 Å². The number of hydroxylamine groups is 2. The molecule has 3 N–H and O–H groups in total. The molecule has 0 atom stereocenters. The van der Waals surface area contributed by atoms with Crippen LogP contribution in [0.2, 0.25) is 0 Å². The highest BCUT2D eigenvalue weighted by Gasteiger charge is 2.32. The van der Waals surface area contributed by atoms with Gasteiger partial charge in [0.05, 0.1) is 6.42 Å². The molecule has 0 saturated carbocycles. The Hall–Kier alpha value is -1.24. The van der Waals surface area contributed by atoms with E-state index in [-0.39, 0.29) is 54.4 Å². The van der Waals surface area contributed by atoms with Gasteiger partial charge in [0.25, 0.3) is 11.8 Å². The van der Waals surface area contributed by atoms with Gasteiger partial charge >= 0.3 is 5.97 Å². The second kappa shape index (κ2) is 12.6. The summed E-state index contributed by atoms with van der Waals surface area (Å²) in [4.78, 5) is 62.7. The fraction of sp³-hybridized carbons (Fsp3) is 0.722. The van der Waals surface area contributed by atoms with Crippen LogP contribution in [0.3, 0.4) is 0 Å². The summed E-state index contributed by atoms with van der Waals surface area (Å²) in [5.74, 6) is 0.0952. The van der Waals surface area contributed by atoms with Crippen molar-refractivity contribution in [3.8, 4) is 0 Å². The van der Waals surface area contributed by atoms with Crippen LogP contribution >= 0.6 is 33.3 Å². The lowest BCUT2D eigenvalue weighted by Crippen LogP contribution is -2.42. The van der Waals surface area contributed by atoms with Gasteiger partial charge in [-0.3, -0.25) is 19.2 Å². The predicted molar refractivity (Wildman–Crippen MR) is 117 cm³/mol. The number of nitrogens with zero attached hydrogens (tertiary/aromatic N) is 1. The molecule has 0 aliphatic carbocycles. The Morgan fingerprint density at radius 3 is 2.40 bits per heavy atom. The Labute approximate surface area is 187 Å². The van der Waals surface area contributed by atoms with Crippen molar-refractivity contribution in [2.75, 3.05) is 23.8 Å². The van der Waals surface area contributed by atoms with Gasteiger partial charge in [0, 0.05) is 55.0 Å². The number of nitrogens with one attached hydrogen (secondary N) is 1. The number of nitrogens with two attached hydrogens (primary N) is 1. The zero-order chi connectivity index (χ0) is 22.0.